The fraction of sp³-hybridized carbons (Fsp3) is 0.107. The first kappa shape index (κ1) is 27.9. The lowest BCUT2D eigenvalue weighted by atomic mass is 10.2. The number of esters is 1. The van der Waals surface area contributed by atoms with E-state index < -0.39 is 29.6 Å². The number of carbonyl (C=O) groups excluding carboxylic acids is 4. The van der Waals surface area contributed by atoms with Gasteiger partial charge in [0.25, 0.3) is 17.1 Å². The van der Waals surface area contributed by atoms with E-state index in [1.807, 2.05) is 0 Å². The number of nitrogens with zero attached hydrogens (tertiary/aromatic N) is 2. The SMILES string of the molecule is COc1ccc(/C=C2\SC(=O)N(CC(=O)Oc3ccc(/C=N\NC(=O)c4ccccc4O)cc3)C2=O)cc1OC. The van der Waals surface area contributed by atoms with Crippen LogP contribution in [0.15, 0.2) is 76.7 Å². The second kappa shape index (κ2) is 12.6. The molecule has 1 fully saturated rings. The molecule has 4 rings (SSSR count). The van der Waals surface area contributed by atoms with Crippen molar-refractivity contribution in [2.75, 3.05) is 20.8 Å². The molecule has 0 saturated carbocycles. The van der Waals surface area contributed by atoms with Gasteiger partial charge >= 0.3 is 5.97 Å². The highest BCUT2D eigenvalue weighted by Gasteiger charge is 2.36. The normalized spacial score (nSPS) is 14.1. The van der Waals surface area contributed by atoms with Crippen molar-refractivity contribution in [3.63, 3.8) is 0 Å². The number of aromatic hydroxyl groups is 1. The molecular formula is C28H23N3O8S. The second-order valence-corrected chi connectivity index (χ2v) is 9.13. The number of para-hydroxylation sites is 1. The van der Waals surface area contributed by atoms with E-state index in [9.17, 15) is 24.3 Å². The third-order valence-corrected chi connectivity index (χ3v) is 6.41. The molecule has 0 atom stereocenters. The summed E-state index contributed by atoms with van der Waals surface area (Å²) in [5, 5.41) is 13.0. The summed E-state index contributed by atoms with van der Waals surface area (Å²) in [5.74, 6) is -0.980. The molecule has 11 nitrogen and oxygen atoms in total. The number of methoxy groups -OCH3 is 2. The summed E-state index contributed by atoms with van der Waals surface area (Å²) in [5.41, 5.74) is 3.60. The summed E-state index contributed by atoms with van der Waals surface area (Å²) in [6, 6.07) is 17.3. The number of nitrogens with one attached hydrogen (secondary N) is 1. The molecular weight excluding hydrogens is 538 g/mol. The van der Waals surface area contributed by atoms with Crippen molar-refractivity contribution in [2.45, 2.75) is 0 Å². The summed E-state index contributed by atoms with van der Waals surface area (Å²) in [7, 11) is 3.00. The Morgan fingerprint density at radius 2 is 1.68 bits per heavy atom. The minimum atomic E-state index is -0.800. The molecule has 1 aliphatic rings. The Labute approximate surface area is 233 Å². The number of amides is 3. The predicted molar refractivity (Wildman–Crippen MR) is 147 cm³/mol. The van der Waals surface area contributed by atoms with Gasteiger partial charge < -0.3 is 19.3 Å². The number of rotatable bonds is 9. The number of hydrazone groups is 1. The topological polar surface area (TPSA) is 144 Å². The highest BCUT2D eigenvalue weighted by Crippen LogP contribution is 2.34. The molecule has 40 heavy (non-hydrogen) atoms. The number of benzene rings is 3. The number of hydrogen-bond acceptors (Lipinski definition) is 10. The van der Waals surface area contributed by atoms with E-state index in [-0.39, 0.29) is 22.0 Å². The summed E-state index contributed by atoms with van der Waals surface area (Å²) in [4.78, 5) is 50.7. The average molecular weight is 562 g/mol. The zero-order chi connectivity index (χ0) is 28.6. The van der Waals surface area contributed by atoms with Crippen molar-refractivity contribution in [3.05, 3.63) is 88.3 Å². The zero-order valence-electron chi connectivity index (χ0n) is 21.3. The molecule has 12 heteroatoms. The molecule has 204 valence electrons. The second-order valence-electron chi connectivity index (χ2n) is 8.14. The lowest BCUT2D eigenvalue weighted by molar-refractivity contribution is -0.138. The van der Waals surface area contributed by atoms with E-state index in [4.69, 9.17) is 14.2 Å². The van der Waals surface area contributed by atoms with E-state index in [1.165, 1.54) is 50.8 Å². The maximum absolute atomic E-state index is 12.8. The number of thioether (sulfide) groups is 1. The van der Waals surface area contributed by atoms with Gasteiger partial charge in [-0.15, -0.1) is 0 Å². The summed E-state index contributed by atoms with van der Waals surface area (Å²) >= 11 is 0.719. The molecule has 0 spiro atoms. The largest absolute Gasteiger partial charge is 0.507 e. The van der Waals surface area contributed by atoms with Gasteiger partial charge in [-0.25, -0.2) is 10.2 Å². The van der Waals surface area contributed by atoms with Gasteiger partial charge in [0.15, 0.2) is 11.5 Å². The molecule has 0 aliphatic carbocycles. The molecule has 0 aromatic heterocycles. The third-order valence-electron chi connectivity index (χ3n) is 5.51. The Hall–Kier alpha value is -5.10. The molecule has 1 aliphatic heterocycles. The van der Waals surface area contributed by atoms with Crippen molar-refractivity contribution < 1.29 is 38.5 Å². The van der Waals surface area contributed by atoms with Crippen LogP contribution in [-0.2, 0) is 9.59 Å². The maximum Gasteiger partial charge on any atom is 0.331 e. The van der Waals surface area contributed by atoms with Crippen LogP contribution in [0.5, 0.6) is 23.0 Å². The van der Waals surface area contributed by atoms with Crippen molar-refractivity contribution in [2.24, 2.45) is 5.10 Å². The average Bonchev–Trinajstić information content (AvgIpc) is 3.21. The van der Waals surface area contributed by atoms with Crippen LogP contribution < -0.4 is 19.6 Å². The van der Waals surface area contributed by atoms with Gasteiger partial charge in [-0.1, -0.05) is 18.2 Å². The van der Waals surface area contributed by atoms with Gasteiger partial charge in [-0.05, 0) is 77.5 Å². The first-order valence-electron chi connectivity index (χ1n) is 11.7. The van der Waals surface area contributed by atoms with E-state index in [0.29, 0.717) is 22.6 Å². The van der Waals surface area contributed by atoms with Crippen LogP contribution in [0.1, 0.15) is 21.5 Å². The highest BCUT2D eigenvalue weighted by molar-refractivity contribution is 8.18. The van der Waals surface area contributed by atoms with Crippen molar-refractivity contribution in [1.29, 1.82) is 0 Å². The van der Waals surface area contributed by atoms with Crippen LogP contribution in [0.3, 0.4) is 0 Å². The molecule has 2 N–H and O–H groups in total. The Bertz CT molecular complexity index is 1520. The monoisotopic (exact) mass is 561 g/mol. The smallest absolute Gasteiger partial charge is 0.331 e. The lowest BCUT2D eigenvalue weighted by Crippen LogP contribution is -2.35. The van der Waals surface area contributed by atoms with E-state index >= 15 is 0 Å². The molecule has 3 amide bonds. The van der Waals surface area contributed by atoms with Crippen LogP contribution in [0.2, 0.25) is 0 Å². The van der Waals surface area contributed by atoms with Gasteiger partial charge in [0.1, 0.15) is 18.0 Å². The molecule has 0 radical (unpaired) electrons. The predicted octanol–water partition coefficient (Wildman–Crippen LogP) is 3.82. The minimum Gasteiger partial charge on any atom is -0.507 e. The summed E-state index contributed by atoms with van der Waals surface area (Å²) < 4.78 is 15.7. The number of phenolic OH excluding ortho intramolecular Hbond substituents is 1. The molecule has 3 aromatic rings. The molecule has 1 heterocycles. The Balaban J connectivity index is 1.32. The van der Waals surface area contributed by atoms with E-state index in [2.05, 4.69) is 10.5 Å². The molecule has 3 aromatic carbocycles. The Kier molecular flexibility index (Phi) is 8.82. The number of ether oxygens (including phenoxy) is 3. The molecule has 0 bridgehead atoms. The Morgan fingerprint density at radius 1 is 0.975 bits per heavy atom. The van der Waals surface area contributed by atoms with Crippen molar-refractivity contribution in [1.82, 2.24) is 10.3 Å². The quantitative estimate of drug-likeness (QED) is 0.131. The fourth-order valence-electron chi connectivity index (χ4n) is 3.54. The van der Waals surface area contributed by atoms with Gasteiger partial charge in [0, 0.05) is 0 Å². The third kappa shape index (κ3) is 6.66. The highest BCUT2D eigenvalue weighted by atomic mass is 32.2. The number of phenols is 1. The first-order chi connectivity index (χ1) is 19.3. The maximum atomic E-state index is 12.8. The van der Waals surface area contributed by atoms with Gasteiger partial charge in [0.2, 0.25) is 0 Å². The lowest BCUT2D eigenvalue weighted by Gasteiger charge is -2.11. The van der Waals surface area contributed by atoms with Gasteiger partial charge in [-0.3, -0.25) is 19.3 Å². The van der Waals surface area contributed by atoms with Crippen LogP contribution >= 0.6 is 11.8 Å². The first-order valence-corrected chi connectivity index (χ1v) is 12.5. The zero-order valence-corrected chi connectivity index (χ0v) is 22.1. The molecule has 1 saturated heterocycles. The van der Waals surface area contributed by atoms with E-state index in [1.54, 1.807) is 42.5 Å². The van der Waals surface area contributed by atoms with Crippen LogP contribution in [0, 0.1) is 0 Å². The van der Waals surface area contributed by atoms with Crippen molar-refractivity contribution in [3.8, 4) is 23.0 Å². The number of imide groups is 1. The Morgan fingerprint density at radius 3 is 2.38 bits per heavy atom. The summed E-state index contributed by atoms with van der Waals surface area (Å²) in [6.45, 7) is -0.560. The van der Waals surface area contributed by atoms with Crippen LogP contribution in [0.4, 0.5) is 4.79 Å². The van der Waals surface area contributed by atoms with Crippen LogP contribution in [-0.4, -0.2) is 60.0 Å². The fourth-order valence-corrected chi connectivity index (χ4v) is 4.37. The van der Waals surface area contributed by atoms with Gasteiger partial charge in [0.05, 0.1) is 30.9 Å². The standard InChI is InChI=1S/C28H23N3O8S/c1-37-22-12-9-18(13-23(22)38-2)14-24-27(35)31(28(36)40-24)16-25(33)39-19-10-7-17(8-11-19)15-29-30-26(34)20-5-3-4-6-21(20)32/h3-15,32H,16H2,1-2H3,(H,30,34)/b24-14-,29-15-. The van der Waals surface area contributed by atoms with Crippen molar-refractivity contribution >= 4 is 47.1 Å². The number of carbonyl (C=O) groups is 4. The molecule has 0 unspecified atom stereocenters. The van der Waals surface area contributed by atoms with E-state index in [0.717, 1.165) is 16.7 Å². The minimum absolute atomic E-state index is 0.0823. The van der Waals surface area contributed by atoms with Gasteiger partial charge in [-0.2, -0.15) is 5.10 Å². The van der Waals surface area contributed by atoms with Crippen LogP contribution in [0.25, 0.3) is 6.08 Å². The summed E-state index contributed by atoms with van der Waals surface area (Å²) in [6.07, 6.45) is 2.90. The number of hydrogen-bond donors (Lipinski definition) is 2.